The van der Waals surface area contributed by atoms with E-state index in [9.17, 15) is 4.79 Å². The summed E-state index contributed by atoms with van der Waals surface area (Å²) in [6.45, 7) is 0. The molecule has 2 rings (SSSR count). The number of carbonyl (C=O) groups is 1. The molecule has 0 spiro atoms. The van der Waals surface area contributed by atoms with Crippen LogP contribution in [0, 0.1) is 0 Å². The molecule has 1 aliphatic carbocycles. The van der Waals surface area contributed by atoms with Crippen molar-refractivity contribution < 1.29 is 9.21 Å². The number of rotatable bonds is 2. The molecular weight excluding hydrogens is 272 g/mol. The Morgan fingerprint density at radius 3 is 2.88 bits per heavy atom. The van der Waals surface area contributed by atoms with Gasteiger partial charge in [0.15, 0.2) is 4.67 Å². The van der Waals surface area contributed by atoms with Crippen LogP contribution in [0.4, 0.5) is 0 Å². The Kier molecular flexibility index (Phi) is 3.66. The van der Waals surface area contributed by atoms with E-state index in [-0.39, 0.29) is 18.0 Å². The molecule has 16 heavy (non-hydrogen) atoms. The molecule has 0 saturated heterocycles. The topological polar surface area (TPSA) is 68.3 Å². The highest BCUT2D eigenvalue weighted by atomic mass is 79.9. The van der Waals surface area contributed by atoms with E-state index >= 15 is 0 Å². The molecule has 1 aromatic heterocycles. The molecule has 0 aliphatic heterocycles. The quantitative estimate of drug-likeness (QED) is 0.874. The molecule has 1 amide bonds. The lowest BCUT2D eigenvalue weighted by molar-refractivity contribution is 0.0919. The van der Waals surface area contributed by atoms with E-state index in [1.54, 1.807) is 6.07 Å². The van der Waals surface area contributed by atoms with Gasteiger partial charge in [-0.1, -0.05) is 12.8 Å². The first-order valence-corrected chi connectivity index (χ1v) is 6.27. The second kappa shape index (κ2) is 5.01. The zero-order chi connectivity index (χ0) is 11.5. The predicted octanol–water partition coefficient (Wildman–Crippen LogP) is 2.04. The highest BCUT2D eigenvalue weighted by molar-refractivity contribution is 9.10. The summed E-state index contributed by atoms with van der Waals surface area (Å²) in [5.41, 5.74) is 6.49. The van der Waals surface area contributed by atoms with E-state index < -0.39 is 0 Å². The lowest BCUT2D eigenvalue weighted by Gasteiger charge is -2.29. The molecule has 1 aliphatic rings. The molecule has 5 heteroatoms. The second-order valence-electron chi connectivity index (χ2n) is 4.14. The maximum absolute atomic E-state index is 11.9. The summed E-state index contributed by atoms with van der Waals surface area (Å²) in [7, 11) is 0. The van der Waals surface area contributed by atoms with E-state index in [2.05, 4.69) is 21.2 Å². The zero-order valence-corrected chi connectivity index (χ0v) is 10.5. The Balaban J connectivity index is 1.99. The lowest BCUT2D eigenvalue weighted by Crippen LogP contribution is -2.49. The Bertz CT molecular complexity index is 378. The molecule has 0 radical (unpaired) electrons. The summed E-state index contributed by atoms with van der Waals surface area (Å²) >= 11 is 3.19. The summed E-state index contributed by atoms with van der Waals surface area (Å²) in [5, 5.41) is 2.96. The van der Waals surface area contributed by atoms with Crippen LogP contribution in [0.3, 0.4) is 0 Å². The minimum absolute atomic E-state index is 0.0726. The standard InChI is InChI=1S/C11H15BrN2O2/c12-10-7(5-6-16-10)11(15)14-9-4-2-1-3-8(9)13/h5-6,8-9H,1-4,13H2,(H,14,15). The molecule has 88 valence electrons. The first kappa shape index (κ1) is 11.7. The van der Waals surface area contributed by atoms with Crippen molar-refractivity contribution in [2.45, 2.75) is 37.8 Å². The van der Waals surface area contributed by atoms with Gasteiger partial charge < -0.3 is 15.5 Å². The molecule has 1 heterocycles. The number of nitrogens with two attached hydrogens (primary N) is 1. The van der Waals surface area contributed by atoms with Crippen LogP contribution in [0.1, 0.15) is 36.0 Å². The SMILES string of the molecule is NC1CCCCC1NC(=O)c1ccoc1Br. The van der Waals surface area contributed by atoms with Gasteiger partial charge in [0.05, 0.1) is 11.8 Å². The van der Waals surface area contributed by atoms with Crippen LogP contribution in [0.5, 0.6) is 0 Å². The molecule has 2 unspecified atom stereocenters. The highest BCUT2D eigenvalue weighted by Crippen LogP contribution is 2.20. The van der Waals surface area contributed by atoms with Gasteiger partial charge in [-0.15, -0.1) is 0 Å². The first-order chi connectivity index (χ1) is 7.68. The minimum Gasteiger partial charge on any atom is -0.457 e. The maximum Gasteiger partial charge on any atom is 0.256 e. The smallest absolute Gasteiger partial charge is 0.256 e. The molecule has 2 atom stereocenters. The first-order valence-electron chi connectivity index (χ1n) is 5.48. The molecule has 1 fully saturated rings. The van der Waals surface area contributed by atoms with Crippen LogP contribution in [0.25, 0.3) is 0 Å². The van der Waals surface area contributed by atoms with E-state index in [1.807, 2.05) is 0 Å². The number of hydrogen-bond acceptors (Lipinski definition) is 3. The van der Waals surface area contributed by atoms with Crippen molar-refractivity contribution in [3.05, 3.63) is 22.6 Å². The monoisotopic (exact) mass is 286 g/mol. The van der Waals surface area contributed by atoms with Gasteiger partial charge in [0, 0.05) is 12.1 Å². The summed E-state index contributed by atoms with van der Waals surface area (Å²) < 4.78 is 5.49. The van der Waals surface area contributed by atoms with Crippen LogP contribution in [-0.2, 0) is 0 Å². The van der Waals surface area contributed by atoms with Crippen molar-refractivity contribution in [1.82, 2.24) is 5.32 Å². The van der Waals surface area contributed by atoms with Gasteiger partial charge in [-0.25, -0.2) is 0 Å². The van der Waals surface area contributed by atoms with Gasteiger partial charge in [0.2, 0.25) is 0 Å². The predicted molar refractivity (Wildman–Crippen MR) is 64.1 cm³/mol. The van der Waals surface area contributed by atoms with Crippen LogP contribution >= 0.6 is 15.9 Å². The van der Waals surface area contributed by atoms with Crippen molar-refractivity contribution in [2.75, 3.05) is 0 Å². The van der Waals surface area contributed by atoms with Gasteiger partial charge in [0.25, 0.3) is 5.91 Å². The molecule has 3 N–H and O–H groups in total. The van der Waals surface area contributed by atoms with Crippen molar-refractivity contribution >= 4 is 21.8 Å². The molecular formula is C11H15BrN2O2. The Morgan fingerprint density at radius 2 is 2.25 bits per heavy atom. The lowest BCUT2D eigenvalue weighted by atomic mass is 9.91. The number of halogens is 1. The minimum atomic E-state index is -0.122. The van der Waals surface area contributed by atoms with Crippen LogP contribution in [0.15, 0.2) is 21.4 Å². The normalized spacial score (nSPS) is 25.4. The van der Waals surface area contributed by atoms with E-state index in [0.29, 0.717) is 10.2 Å². The summed E-state index contributed by atoms with van der Waals surface area (Å²) in [6, 6.07) is 1.81. The van der Waals surface area contributed by atoms with Crippen molar-refractivity contribution in [3.8, 4) is 0 Å². The molecule has 1 saturated carbocycles. The Hall–Kier alpha value is -0.810. The van der Waals surface area contributed by atoms with Crippen LogP contribution in [-0.4, -0.2) is 18.0 Å². The van der Waals surface area contributed by atoms with Crippen molar-refractivity contribution in [2.24, 2.45) is 5.73 Å². The third-order valence-electron chi connectivity index (χ3n) is 3.00. The zero-order valence-electron chi connectivity index (χ0n) is 8.91. The van der Waals surface area contributed by atoms with E-state index in [1.165, 1.54) is 6.26 Å². The molecule has 0 aromatic carbocycles. The maximum atomic E-state index is 11.9. The third-order valence-corrected chi connectivity index (χ3v) is 3.61. The Labute approximate surface area is 103 Å². The highest BCUT2D eigenvalue weighted by Gasteiger charge is 2.24. The number of amides is 1. The van der Waals surface area contributed by atoms with Gasteiger partial charge >= 0.3 is 0 Å². The fourth-order valence-electron chi connectivity index (χ4n) is 2.04. The fraction of sp³-hybridized carbons (Fsp3) is 0.545. The third kappa shape index (κ3) is 2.47. The molecule has 1 aromatic rings. The fourth-order valence-corrected chi connectivity index (χ4v) is 2.46. The summed E-state index contributed by atoms with van der Waals surface area (Å²) in [4.78, 5) is 11.9. The number of carbonyl (C=O) groups excluding carboxylic acids is 1. The van der Waals surface area contributed by atoms with E-state index in [0.717, 1.165) is 25.7 Å². The van der Waals surface area contributed by atoms with Gasteiger partial charge in [0.1, 0.15) is 0 Å². The number of hydrogen-bond donors (Lipinski definition) is 2. The Morgan fingerprint density at radius 1 is 1.50 bits per heavy atom. The number of nitrogens with one attached hydrogen (secondary N) is 1. The number of furan rings is 1. The van der Waals surface area contributed by atoms with Gasteiger partial charge in [-0.3, -0.25) is 4.79 Å². The molecule has 4 nitrogen and oxygen atoms in total. The van der Waals surface area contributed by atoms with Gasteiger partial charge in [-0.2, -0.15) is 0 Å². The largest absolute Gasteiger partial charge is 0.457 e. The van der Waals surface area contributed by atoms with Crippen LogP contribution < -0.4 is 11.1 Å². The molecule has 0 bridgehead atoms. The van der Waals surface area contributed by atoms with Gasteiger partial charge in [-0.05, 0) is 34.8 Å². The van der Waals surface area contributed by atoms with Crippen molar-refractivity contribution in [1.29, 1.82) is 0 Å². The van der Waals surface area contributed by atoms with E-state index in [4.69, 9.17) is 10.2 Å². The average Bonchev–Trinajstić information content (AvgIpc) is 2.68. The van der Waals surface area contributed by atoms with Crippen LogP contribution in [0.2, 0.25) is 0 Å². The summed E-state index contributed by atoms with van der Waals surface area (Å²) in [5.74, 6) is -0.122. The average molecular weight is 287 g/mol. The second-order valence-corrected chi connectivity index (χ2v) is 4.86. The summed E-state index contributed by atoms with van der Waals surface area (Å²) in [6.07, 6.45) is 5.72. The van der Waals surface area contributed by atoms with Crippen molar-refractivity contribution in [3.63, 3.8) is 0 Å².